The van der Waals surface area contributed by atoms with Crippen molar-refractivity contribution in [1.29, 1.82) is 5.26 Å². The van der Waals surface area contributed by atoms with Gasteiger partial charge in [0.25, 0.3) is 0 Å². The molecule has 5 heteroatoms. The van der Waals surface area contributed by atoms with Gasteiger partial charge in [0, 0.05) is 9.37 Å². The first-order valence-electron chi connectivity index (χ1n) is 3.67. The molecule has 0 radical (unpaired) electrons. The molecule has 0 saturated carbocycles. The Labute approximate surface area is 93.9 Å². The van der Waals surface area contributed by atoms with Crippen molar-refractivity contribution in [3.05, 3.63) is 28.2 Å². The van der Waals surface area contributed by atoms with Gasteiger partial charge in [0.15, 0.2) is 0 Å². The van der Waals surface area contributed by atoms with Crippen molar-refractivity contribution < 1.29 is 9.90 Å². The maximum Gasteiger partial charge on any atom is 0.313 e. The van der Waals surface area contributed by atoms with Gasteiger partial charge in [0.1, 0.15) is 6.07 Å². The number of nitriles is 1. The van der Waals surface area contributed by atoms with Gasteiger partial charge in [0.05, 0.1) is 11.3 Å². The fraction of sp³-hybridized carbons (Fsp3) is 0.111. The predicted octanol–water partition coefficient (Wildman–Crippen LogP) is 2.50. The SMILES string of the molecule is N#Cc1ccc(SCC(=O)O)cc1Br. The predicted molar refractivity (Wildman–Crippen MR) is 57.2 cm³/mol. The Morgan fingerprint density at radius 3 is 2.86 bits per heavy atom. The zero-order chi connectivity index (χ0) is 10.6. The quantitative estimate of drug-likeness (QED) is 0.859. The number of hydrogen-bond donors (Lipinski definition) is 1. The van der Waals surface area contributed by atoms with Crippen LogP contribution >= 0.6 is 27.7 Å². The minimum Gasteiger partial charge on any atom is -0.481 e. The summed E-state index contributed by atoms with van der Waals surface area (Å²) in [5.41, 5.74) is 0.546. The Balaban J connectivity index is 2.77. The lowest BCUT2D eigenvalue weighted by molar-refractivity contribution is -0.133. The summed E-state index contributed by atoms with van der Waals surface area (Å²) in [5, 5.41) is 17.1. The fourth-order valence-corrected chi connectivity index (χ4v) is 2.10. The largest absolute Gasteiger partial charge is 0.481 e. The number of carbonyl (C=O) groups is 1. The van der Waals surface area contributed by atoms with Crippen LogP contribution in [-0.4, -0.2) is 16.8 Å². The van der Waals surface area contributed by atoms with Crippen LogP contribution in [0.4, 0.5) is 0 Å². The van der Waals surface area contributed by atoms with Crippen LogP contribution in [0.5, 0.6) is 0 Å². The van der Waals surface area contributed by atoms with E-state index in [-0.39, 0.29) is 5.75 Å². The molecule has 0 bridgehead atoms. The summed E-state index contributed by atoms with van der Waals surface area (Å²) in [6, 6.07) is 7.15. The van der Waals surface area contributed by atoms with Crippen molar-refractivity contribution in [3.8, 4) is 6.07 Å². The highest BCUT2D eigenvalue weighted by Crippen LogP contribution is 2.24. The maximum absolute atomic E-state index is 10.3. The van der Waals surface area contributed by atoms with Gasteiger partial charge in [-0.3, -0.25) is 4.79 Å². The molecule has 0 spiro atoms. The van der Waals surface area contributed by atoms with Crippen LogP contribution in [0.15, 0.2) is 27.6 Å². The maximum atomic E-state index is 10.3. The van der Waals surface area contributed by atoms with Gasteiger partial charge in [0.2, 0.25) is 0 Å². The number of thioether (sulfide) groups is 1. The first-order chi connectivity index (χ1) is 6.63. The van der Waals surface area contributed by atoms with Crippen molar-refractivity contribution in [1.82, 2.24) is 0 Å². The van der Waals surface area contributed by atoms with E-state index in [1.807, 2.05) is 6.07 Å². The van der Waals surface area contributed by atoms with Crippen LogP contribution in [-0.2, 0) is 4.79 Å². The number of hydrogen-bond acceptors (Lipinski definition) is 3. The summed E-state index contributed by atoms with van der Waals surface area (Å²) in [6.45, 7) is 0. The minimum absolute atomic E-state index is 0.0261. The number of aliphatic carboxylic acids is 1. The molecule has 0 aliphatic heterocycles. The molecule has 0 saturated heterocycles. The number of nitrogens with zero attached hydrogens (tertiary/aromatic N) is 1. The molecule has 14 heavy (non-hydrogen) atoms. The Morgan fingerprint density at radius 2 is 2.36 bits per heavy atom. The molecule has 1 rings (SSSR count). The Kier molecular flexibility index (Phi) is 3.98. The van der Waals surface area contributed by atoms with E-state index in [1.54, 1.807) is 18.2 Å². The molecule has 0 aliphatic carbocycles. The highest BCUT2D eigenvalue weighted by atomic mass is 79.9. The first kappa shape index (κ1) is 11.1. The van der Waals surface area contributed by atoms with E-state index in [1.165, 1.54) is 11.8 Å². The molecule has 1 aromatic carbocycles. The first-order valence-corrected chi connectivity index (χ1v) is 5.45. The molecular formula is C9H6BrNO2S. The fourth-order valence-electron chi connectivity index (χ4n) is 0.821. The van der Waals surface area contributed by atoms with E-state index in [0.29, 0.717) is 10.0 Å². The van der Waals surface area contributed by atoms with Gasteiger partial charge in [-0.2, -0.15) is 5.26 Å². The van der Waals surface area contributed by atoms with E-state index < -0.39 is 5.97 Å². The van der Waals surface area contributed by atoms with Crippen molar-refractivity contribution in [2.75, 3.05) is 5.75 Å². The van der Waals surface area contributed by atoms with Gasteiger partial charge < -0.3 is 5.11 Å². The molecule has 0 aliphatic rings. The third-order valence-electron chi connectivity index (χ3n) is 1.42. The lowest BCUT2D eigenvalue weighted by atomic mass is 10.2. The zero-order valence-electron chi connectivity index (χ0n) is 7.03. The molecular weight excluding hydrogens is 266 g/mol. The van der Waals surface area contributed by atoms with Gasteiger partial charge in [-0.1, -0.05) is 0 Å². The van der Waals surface area contributed by atoms with Gasteiger partial charge >= 0.3 is 5.97 Å². The minimum atomic E-state index is -0.851. The molecule has 0 atom stereocenters. The third-order valence-corrected chi connectivity index (χ3v) is 3.06. The Bertz CT molecular complexity index is 400. The van der Waals surface area contributed by atoms with E-state index in [2.05, 4.69) is 15.9 Å². The standard InChI is InChI=1S/C9H6BrNO2S/c10-8-3-7(14-5-9(12)13)2-1-6(8)4-11/h1-3H,5H2,(H,12,13). The molecule has 1 N–H and O–H groups in total. The number of carboxylic acid groups (broad SMARTS) is 1. The Morgan fingerprint density at radius 1 is 1.64 bits per heavy atom. The van der Waals surface area contributed by atoms with Crippen LogP contribution in [0.2, 0.25) is 0 Å². The highest BCUT2D eigenvalue weighted by molar-refractivity contribution is 9.10. The molecule has 3 nitrogen and oxygen atoms in total. The lowest BCUT2D eigenvalue weighted by Crippen LogP contribution is -1.97. The Hall–Kier alpha value is -0.990. The van der Waals surface area contributed by atoms with Crippen LogP contribution in [0, 0.1) is 11.3 Å². The topological polar surface area (TPSA) is 61.1 Å². The third kappa shape index (κ3) is 3.05. The normalized spacial score (nSPS) is 9.43. The van der Waals surface area contributed by atoms with E-state index >= 15 is 0 Å². The highest BCUT2D eigenvalue weighted by Gasteiger charge is 2.03. The van der Waals surface area contributed by atoms with Gasteiger partial charge in [-0.05, 0) is 34.1 Å². The van der Waals surface area contributed by atoms with Crippen LogP contribution in [0.3, 0.4) is 0 Å². The van der Waals surface area contributed by atoms with Crippen LogP contribution in [0.1, 0.15) is 5.56 Å². The summed E-state index contributed by atoms with van der Waals surface area (Å²) >= 11 is 4.45. The van der Waals surface area contributed by atoms with Gasteiger partial charge in [-0.25, -0.2) is 0 Å². The van der Waals surface area contributed by atoms with Crippen molar-refractivity contribution >= 4 is 33.7 Å². The summed E-state index contributed by atoms with van der Waals surface area (Å²) in [7, 11) is 0. The number of halogens is 1. The van der Waals surface area contributed by atoms with E-state index in [9.17, 15) is 4.79 Å². The zero-order valence-corrected chi connectivity index (χ0v) is 9.43. The van der Waals surface area contributed by atoms with Gasteiger partial charge in [-0.15, -0.1) is 11.8 Å². The number of carboxylic acids is 1. The number of benzene rings is 1. The number of rotatable bonds is 3. The molecule has 72 valence electrons. The second-order valence-electron chi connectivity index (χ2n) is 2.44. The van der Waals surface area contributed by atoms with Crippen LogP contribution in [0.25, 0.3) is 0 Å². The molecule has 1 aromatic rings. The van der Waals surface area contributed by atoms with E-state index in [4.69, 9.17) is 10.4 Å². The van der Waals surface area contributed by atoms with Crippen LogP contribution < -0.4 is 0 Å². The molecule has 0 heterocycles. The summed E-state index contributed by atoms with van der Waals surface area (Å²) in [5.74, 6) is -0.825. The monoisotopic (exact) mass is 271 g/mol. The molecule has 0 unspecified atom stereocenters. The second kappa shape index (κ2) is 5.03. The van der Waals surface area contributed by atoms with Crippen molar-refractivity contribution in [3.63, 3.8) is 0 Å². The average molecular weight is 272 g/mol. The second-order valence-corrected chi connectivity index (χ2v) is 4.34. The van der Waals surface area contributed by atoms with Crippen molar-refractivity contribution in [2.24, 2.45) is 0 Å². The molecule has 0 fully saturated rings. The smallest absolute Gasteiger partial charge is 0.313 e. The van der Waals surface area contributed by atoms with E-state index in [0.717, 1.165) is 4.90 Å². The summed E-state index contributed by atoms with van der Waals surface area (Å²) < 4.78 is 0.690. The average Bonchev–Trinajstić information content (AvgIpc) is 2.15. The summed E-state index contributed by atoms with van der Waals surface area (Å²) in [6.07, 6.45) is 0. The van der Waals surface area contributed by atoms with Crippen molar-refractivity contribution in [2.45, 2.75) is 4.90 Å². The molecule has 0 amide bonds. The lowest BCUT2D eigenvalue weighted by Gasteiger charge is -2.00. The molecule has 0 aromatic heterocycles. The summed E-state index contributed by atoms with van der Waals surface area (Å²) in [4.78, 5) is 11.1.